The van der Waals surface area contributed by atoms with E-state index < -0.39 is 48.0 Å². The van der Waals surface area contributed by atoms with Crippen molar-refractivity contribution in [2.24, 2.45) is 0 Å². The molecule has 492 valence electrons. The van der Waals surface area contributed by atoms with E-state index in [0.29, 0.717) is 55.7 Å². The maximum absolute atomic E-state index is 11.3. The molecule has 0 aromatic carbocycles. The van der Waals surface area contributed by atoms with E-state index in [0.717, 1.165) is 5.57 Å². The fourth-order valence-electron chi connectivity index (χ4n) is 5.74. The van der Waals surface area contributed by atoms with Crippen LogP contribution >= 0.6 is 34.8 Å². The van der Waals surface area contributed by atoms with Gasteiger partial charge in [0.1, 0.15) is 42.0 Å². The van der Waals surface area contributed by atoms with Gasteiger partial charge in [0.25, 0.3) is 0 Å². The van der Waals surface area contributed by atoms with Crippen molar-refractivity contribution in [2.45, 2.75) is 169 Å². The van der Waals surface area contributed by atoms with E-state index in [1.165, 1.54) is 36.8 Å². The van der Waals surface area contributed by atoms with Crippen LogP contribution in [0, 0.1) is 30.3 Å². The minimum Gasteiger partial charge on any atom is -1.00 e. The van der Waals surface area contributed by atoms with Gasteiger partial charge in [-0.2, -0.15) is 0 Å². The second kappa shape index (κ2) is 37.5. The van der Waals surface area contributed by atoms with Crippen molar-refractivity contribution in [3.8, 4) is 17.2 Å². The van der Waals surface area contributed by atoms with E-state index in [-0.39, 0.29) is 121 Å². The molecule has 0 bridgehead atoms. The number of pyridine rings is 4. The third kappa shape index (κ3) is 28.7. The standard InChI is InChI=1S/C16H26N2O4Si.C16H28N2O2Si.C13H21ClN2O4Si.C8H20O2Si.C5H2Cl2N2O2.Na.H/c1-12(2)14-15(18(19)20)13(8-9-17-14)21-10-11-22-23(6,7)16(3,4)5;1-12(2)15-14(17)13(8-9-18-15)19-10-11-20-21(6,7)16(3,4)5;1-13(2,3)21(4,5)20-9-8-19-10-6-7-15-12(14)11(10)16(17)18;1-8(2,3)11(4,5)10-7-6-9;6-3-1-2-8-5(7)4(3)9(10)11;;/h8-9H,1,10-11H2,2-7H3;8-9H,1,10-11,17H2,2-7H3;6-7H,8-9H2,1-5H3;9H,6-7H2,1-5H3;1-2H;;/q;;;;;+1;-1. The van der Waals surface area contributed by atoms with Crippen LogP contribution in [0.3, 0.4) is 0 Å². The van der Waals surface area contributed by atoms with Crippen molar-refractivity contribution in [1.82, 2.24) is 19.9 Å². The molecule has 22 nitrogen and oxygen atoms in total. The second-order valence-electron chi connectivity index (χ2n) is 26.0. The largest absolute Gasteiger partial charge is 1.00 e. The summed E-state index contributed by atoms with van der Waals surface area (Å²) >= 11 is 16.6. The molecule has 4 aromatic rings. The van der Waals surface area contributed by atoms with Crippen LogP contribution in [-0.4, -0.2) is 126 Å². The SMILES string of the molecule is C=C(C)c1nccc(OCCO[Si](C)(C)C(C)(C)C)c1N.C=C(C)c1nccc(OCCO[Si](C)(C)C(C)(C)C)c1[N+](=O)[O-].CC(C)(C)[Si](C)(C)OCCO.CC(C)(C)[Si](C)(C)OCCOc1ccnc(Cl)c1[N+](=O)[O-].O=[N+]([O-])c1c(Cl)ccnc1Cl.[H-].[Na+]. The molecule has 0 unspecified atom stereocenters. The molecule has 0 radical (unpaired) electrons. The maximum Gasteiger partial charge on any atom is 1.00 e. The van der Waals surface area contributed by atoms with Crippen molar-refractivity contribution < 1.29 is 82.8 Å². The quantitative estimate of drug-likeness (QED) is 0.0229. The van der Waals surface area contributed by atoms with Gasteiger partial charge in [0, 0.05) is 43.0 Å². The minimum absolute atomic E-state index is 0. The fraction of sp³-hybridized carbons (Fsp3) is 0.586. The van der Waals surface area contributed by atoms with Gasteiger partial charge in [0.05, 0.1) is 53.5 Å². The van der Waals surface area contributed by atoms with Gasteiger partial charge in [-0.15, -0.1) is 0 Å². The summed E-state index contributed by atoms with van der Waals surface area (Å²) in [6, 6.07) is 6.01. The summed E-state index contributed by atoms with van der Waals surface area (Å²) in [6.45, 7) is 57.7. The Morgan fingerprint density at radius 2 is 0.784 bits per heavy atom. The van der Waals surface area contributed by atoms with Crippen LogP contribution in [0.2, 0.25) is 87.9 Å². The van der Waals surface area contributed by atoms with Crippen molar-refractivity contribution >= 4 is 102 Å². The van der Waals surface area contributed by atoms with Gasteiger partial charge in [-0.25, -0.2) is 15.0 Å². The first-order chi connectivity index (χ1) is 39.5. The third-order valence-corrected chi connectivity index (χ3v) is 34.1. The van der Waals surface area contributed by atoms with E-state index in [2.05, 4.69) is 169 Å². The summed E-state index contributed by atoms with van der Waals surface area (Å²) in [6.07, 6.45) is 5.85. The van der Waals surface area contributed by atoms with Crippen LogP contribution in [0.15, 0.2) is 62.2 Å². The van der Waals surface area contributed by atoms with Gasteiger partial charge in [0.15, 0.2) is 33.3 Å². The number of allylic oxidation sites excluding steroid dienone is 2. The molecule has 88 heavy (non-hydrogen) atoms. The van der Waals surface area contributed by atoms with Crippen molar-refractivity contribution in [1.29, 1.82) is 0 Å². The van der Waals surface area contributed by atoms with Gasteiger partial charge in [0.2, 0.25) is 21.8 Å². The Morgan fingerprint density at radius 3 is 1.09 bits per heavy atom. The number of aliphatic hydroxyl groups is 1. The van der Waals surface area contributed by atoms with Crippen LogP contribution in [0.1, 0.15) is 110 Å². The number of ether oxygens (including phenoxy) is 3. The summed E-state index contributed by atoms with van der Waals surface area (Å²) in [7, 11) is -7.00. The Hall–Kier alpha value is -3.98. The molecule has 0 atom stereocenters. The topological polar surface area (TPSA) is 292 Å². The number of nitro groups is 3. The molecule has 0 amide bonds. The molecule has 0 spiro atoms. The van der Waals surface area contributed by atoms with Crippen LogP contribution < -0.4 is 49.5 Å². The average Bonchev–Trinajstić information content (AvgIpc) is 3.41. The number of nitrogens with zero attached hydrogens (tertiary/aromatic N) is 7. The van der Waals surface area contributed by atoms with Crippen LogP contribution in [0.4, 0.5) is 22.7 Å². The zero-order valence-corrected chi connectivity index (χ0v) is 64.6. The molecule has 4 heterocycles. The Labute approximate surface area is 565 Å². The summed E-state index contributed by atoms with van der Waals surface area (Å²) in [4.78, 5) is 46.1. The number of nitrogen functional groups attached to an aromatic ring is 1. The van der Waals surface area contributed by atoms with E-state index >= 15 is 0 Å². The second-order valence-corrected chi connectivity index (χ2v) is 46.4. The monoisotopic (exact) mass is 1370 g/mol. The zero-order chi connectivity index (χ0) is 67.9. The van der Waals surface area contributed by atoms with Gasteiger partial charge < -0.3 is 44.2 Å². The average molecular weight is 1370 g/mol. The molecule has 30 heteroatoms. The Balaban J connectivity index is -0.00000106. The summed E-state index contributed by atoms with van der Waals surface area (Å²) < 4.78 is 40.4. The Morgan fingerprint density at radius 1 is 0.500 bits per heavy atom. The third-order valence-electron chi connectivity index (χ3n) is 15.1. The van der Waals surface area contributed by atoms with Crippen molar-refractivity contribution in [3.63, 3.8) is 0 Å². The summed E-state index contributed by atoms with van der Waals surface area (Å²) in [5.74, 6) is 0.947. The molecule has 0 saturated carbocycles. The number of hydrogen-bond acceptors (Lipinski definition) is 19. The molecule has 0 aliphatic rings. The first-order valence-electron chi connectivity index (χ1n) is 28.0. The van der Waals surface area contributed by atoms with Gasteiger partial charge in [-0.1, -0.05) is 131 Å². The Bertz CT molecular complexity index is 2890. The number of aliphatic hydroxyl groups excluding tert-OH is 1. The van der Waals surface area contributed by atoms with E-state index in [4.69, 9.17) is 77.6 Å². The van der Waals surface area contributed by atoms with E-state index in [1.807, 2.05) is 6.92 Å². The van der Waals surface area contributed by atoms with Gasteiger partial charge in [-0.05, 0) is 104 Å². The summed E-state index contributed by atoms with van der Waals surface area (Å²) in [5, 5.41) is 41.4. The number of halogens is 3. The molecule has 3 N–H and O–H groups in total. The molecule has 4 rings (SSSR count). The first kappa shape index (κ1) is 86.1. The first-order valence-corrected chi connectivity index (χ1v) is 40.8. The molecule has 0 aliphatic carbocycles. The number of hydrogen-bond donors (Lipinski definition) is 2. The number of nitrogens with two attached hydrogens (primary N) is 1. The molecular formula is C58H98Cl3N8NaO14Si4. The van der Waals surface area contributed by atoms with Crippen molar-refractivity contribution in [3.05, 3.63) is 119 Å². The zero-order valence-electron chi connectivity index (χ0n) is 57.3. The van der Waals surface area contributed by atoms with Crippen molar-refractivity contribution in [2.75, 3.05) is 58.6 Å². The smallest absolute Gasteiger partial charge is 1.00 e. The maximum atomic E-state index is 11.3. The van der Waals surface area contributed by atoms with Gasteiger partial charge in [-0.3, -0.25) is 35.3 Å². The van der Waals surface area contributed by atoms with Crippen LogP contribution in [-0.2, 0) is 17.7 Å². The predicted molar refractivity (Wildman–Crippen MR) is 363 cm³/mol. The molecule has 0 fully saturated rings. The van der Waals surface area contributed by atoms with Gasteiger partial charge >= 0.3 is 46.6 Å². The number of rotatable bonds is 23. The molecular weight excluding hydrogens is 1270 g/mol. The fourth-order valence-corrected chi connectivity index (χ4v) is 10.6. The van der Waals surface area contributed by atoms with E-state index in [9.17, 15) is 30.3 Å². The minimum atomic E-state index is -1.85. The van der Waals surface area contributed by atoms with E-state index in [1.54, 1.807) is 19.2 Å². The molecule has 0 saturated heterocycles. The summed E-state index contributed by atoms with van der Waals surface area (Å²) in [5.41, 5.74) is 8.07. The molecule has 0 aliphatic heterocycles. The number of aromatic nitrogens is 4. The molecule has 4 aromatic heterocycles. The Kier molecular flexibility index (Phi) is 36.7. The van der Waals surface area contributed by atoms with Crippen LogP contribution in [0.25, 0.3) is 11.1 Å². The predicted octanol–water partition coefficient (Wildman–Crippen LogP) is 14.0. The van der Waals surface area contributed by atoms with Crippen LogP contribution in [0.5, 0.6) is 17.2 Å². The number of anilines is 1. The normalized spacial score (nSPS) is 11.9.